The standard InChI is InChI=1S/C23H23N7/c1-3-30-21-9-5-4-8-19(21)28-22(30)18(14-24)20-13-16(2)27-23(29-20)26-12-10-17-7-6-11-25-15-17/h4-9,11,13,15,28H,3,10,12H2,1-2H3,(H,26,27,29)/b22-18+. The summed E-state index contributed by atoms with van der Waals surface area (Å²) in [6.45, 7) is 5.39. The Kier molecular flexibility index (Phi) is 5.57. The Bertz CT molecular complexity index is 1120. The highest BCUT2D eigenvalue weighted by Gasteiger charge is 2.26. The van der Waals surface area contributed by atoms with Crippen LogP contribution in [0.1, 0.15) is 23.9 Å². The molecular weight excluding hydrogens is 374 g/mol. The summed E-state index contributed by atoms with van der Waals surface area (Å²) in [6, 6.07) is 16.2. The maximum atomic E-state index is 9.98. The van der Waals surface area contributed by atoms with Gasteiger partial charge in [-0.1, -0.05) is 18.2 Å². The number of aryl methyl sites for hydroxylation is 1. The van der Waals surface area contributed by atoms with E-state index in [1.807, 2.05) is 55.6 Å². The number of pyridine rings is 1. The molecule has 2 aromatic heterocycles. The first-order valence-corrected chi connectivity index (χ1v) is 9.96. The van der Waals surface area contributed by atoms with Crippen LogP contribution in [0.5, 0.6) is 0 Å². The molecular formula is C23H23N7. The van der Waals surface area contributed by atoms with Gasteiger partial charge in [-0.15, -0.1) is 0 Å². The van der Waals surface area contributed by atoms with Crippen molar-refractivity contribution in [2.45, 2.75) is 20.3 Å². The van der Waals surface area contributed by atoms with Crippen LogP contribution in [0.2, 0.25) is 0 Å². The lowest BCUT2D eigenvalue weighted by Crippen LogP contribution is -2.22. The number of nitrogens with zero attached hydrogens (tertiary/aromatic N) is 5. The second-order valence-corrected chi connectivity index (χ2v) is 6.98. The average molecular weight is 397 g/mol. The molecule has 0 saturated heterocycles. The van der Waals surface area contributed by atoms with Crippen LogP contribution in [0.15, 0.2) is 60.7 Å². The first kappa shape index (κ1) is 19.4. The van der Waals surface area contributed by atoms with Crippen molar-refractivity contribution < 1.29 is 0 Å². The van der Waals surface area contributed by atoms with Gasteiger partial charge in [0, 0.05) is 31.2 Å². The fourth-order valence-electron chi connectivity index (χ4n) is 3.53. The molecule has 4 rings (SSSR count). The van der Waals surface area contributed by atoms with Crippen molar-refractivity contribution in [3.8, 4) is 6.07 Å². The van der Waals surface area contributed by atoms with E-state index in [2.05, 4.69) is 43.5 Å². The van der Waals surface area contributed by atoms with Crippen molar-refractivity contribution in [3.05, 3.63) is 77.6 Å². The largest absolute Gasteiger partial charge is 0.354 e. The summed E-state index contributed by atoms with van der Waals surface area (Å²) in [5, 5.41) is 16.6. The average Bonchev–Trinajstić information content (AvgIpc) is 3.13. The summed E-state index contributed by atoms with van der Waals surface area (Å²) in [4.78, 5) is 15.3. The Morgan fingerprint density at radius 2 is 2.07 bits per heavy atom. The Labute approximate surface area is 176 Å². The van der Waals surface area contributed by atoms with Crippen LogP contribution in [-0.2, 0) is 6.42 Å². The molecule has 0 fully saturated rings. The molecule has 0 aliphatic carbocycles. The maximum Gasteiger partial charge on any atom is 0.223 e. The molecule has 0 bridgehead atoms. The second kappa shape index (κ2) is 8.62. The summed E-state index contributed by atoms with van der Waals surface area (Å²) in [6.07, 6.45) is 4.43. The lowest BCUT2D eigenvalue weighted by molar-refractivity contribution is 0.960. The lowest BCUT2D eigenvalue weighted by Gasteiger charge is -2.19. The van der Waals surface area contributed by atoms with Gasteiger partial charge in [-0.25, -0.2) is 9.97 Å². The predicted molar refractivity (Wildman–Crippen MR) is 119 cm³/mol. The number of rotatable bonds is 6. The fourth-order valence-corrected chi connectivity index (χ4v) is 3.53. The van der Waals surface area contributed by atoms with Crippen LogP contribution in [-0.4, -0.2) is 28.0 Å². The van der Waals surface area contributed by atoms with Gasteiger partial charge in [0.1, 0.15) is 17.5 Å². The number of nitrogens with one attached hydrogen (secondary N) is 2. The van der Waals surface area contributed by atoms with E-state index in [4.69, 9.17) is 0 Å². The number of hydrogen-bond donors (Lipinski definition) is 2. The zero-order valence-corrected chi connectivity index (χ0v) is 17.1. The van der Waals surface area contributed by atoms with E-state index < -0.39 is 0 Å². The van der Waals surface area contributed by atoms with Crippen LogP contribution in [0.25, 0.3) is 5.57 Å². The summed E-state index contributed by atoms with van der Waals surface area (Å²) in [5.41, 5.74) is 5.09. The summed E-state index contributed by atoms with van der Waals surface area (Å²) in [7, 11) is 0. The normalized spacial score (nSPS) is 14.0. The molecule has 0 radical (unpaired) electrons. The zero-order valence-electron chi connectivity index (χ0n) is 17.1. The molecule has 3 heterocycles. The monoisotopic (exact) mass is 397 g/mol. The molecule has 1 aromatic carbocycles. The first-order valence-electron chi connectivity index (χ1n) is 9.96. The van der Waals surface area contributed by atoms with E-state index in [-0.39, 0.29) is 0 Å². The van der Waals surface area contributed by atoms with Gasteiger partial charge in [0.15, 0.2) is 0 Å². The Morgan fingerprint density at radius 1 is 1.20 bits per heavy atom. The SMILES string of the molecule is CCN1/C(=C(\C#N)c2cc(C)nc(NCCc3cccnc3)n2)Nc2ccccc21. The highest BCUT2D eigenvalue weighted by Crippen LogP contribution is 2.38. The number of aromatic nitrogens is 3. The van der Waals surface area contributed by atoms with E-state index >= 15 is 0 Å². The van der Waals surface area contributed by atoms with E-state index in [1.165, 1.54) is 0 Å². The molecule has 7 heteroatoms. The quantitative estimate of drug-likeness (QED) is 0.608. The molecule has 7 nitrogen and oxygen atoms in total. The third-order valence-corrected chi connectivity index (χ3v) is 4.91. The zero-order chi connectivity index (χ0) is 20.9. The fraction of sp³-hybridized carbons (Fsp3) is 0.217. The number of fused-ring (bicyclic) bond motifs is 1. The summed E-state index contributed by atoms with van der Waals surface area (Å²) >= 11 is 0. The van der Waals surface area contributed by atoms with Gasteiger partial charge in [-0.3, -0.25) is 4.98 Å². The van der Waals surface area contributed by atoms with Gasteiger partial charge in [-0.2, -0.15) is 5.26 Å². The number of hydrogen-bond acceptors (Lipinski definition) is 7. The number of benzene rings is 1. The number of para-hydroxylation sites is 2. The second-order valence-electron chi connectivity index (χ2n) is 6.98. The Morgan fingerprint density at radius 3 is 2.83 bits per heavy atom. The first-order chi connectivity index (χ1) is 14.7. The molecule has 30 heavy (non-hydrogen) atoms. The van der Waals surface area contributed by atoms with Gasteiger partial charge in [0.2, 0.25) is 5.95 Å². The molecule has 0 spiro atoms. The van der Waals surface area contributed by atoms with Crippen LogP contribution in [0, 0.1) is 18.3 Å². The van der Waals surface area contributed by atoms with Gasteiger partial charge in [0.25, 0.3) is 0 Å². The smallest absolute Gasteiger partial charge is 0.223 e. The van der Waals surface area contributed by atoms with Gasteiger partial charge in [-0.05, 0) is 50.1 Å². The number of nitriles is 1. The van der Waals surface area contributed by atoms with Crippen molar-refractivity contribution >= 4 is 22.9 Å². The lowest BCUT2D eigenvalue weighted by atomic mass is 10.1. The minimum atomic E-state index is 0.494. The van der Waals surface area contributed by atoms with Gasteiger partial charge < -0.3 is 15.5 Å². The van der Waals surface area contributed by atoms with Crippen molar-refractivity contribution in [2.24, 2.45) is 0 Å². The molecule has 0 saturated carbocycles. The van der Waals surface area contributed by atoms with Crippen molar-refractivity contribution in [1.82, 2.24) is 15.0 Å². The molecule has 150 valence electrons. The molecule has 0 amide bonds. The topological polar surface area (TPSA) is 89.8 Å². The van der Waals surface area contributed by atoms with Crippen LogP contribution < -0.4 is 15.5 Å². The molecule has 1 aliphatic rings. The summed E-state index contributed by atoms with van der Waals surface area (Å²) in [5.74, 6) is 1.27. The molecule has 3 aromatic rings. The molecule has 0 unspecified atom stereocenters. The predicted octanol–water partition coefficient (Wildman–Crippen LogP) is 3.98. The Hall–Kier alpha value is -3.92. The van der Waals surface area contributed by atoms with Gasteiger partial charge in [0.05, 0.1) is 17.1 Å². The number of anilines is 3. The third-order valence-electron chi connectivity index (χ3n) is 4.91. The highest BCUT2D eigenvalue weighted by molar-refractivity contribution is 5.90. The Balaban J connectivity index is 1.61. The van der Waals surface area contributed by atoms with Crippen LogP contribution in [0.4, 0.5) is 17.3 Å². The molecule has 0 atom stereocenters. The van der Waals surface area contributed by atoms with Crippen LogP contribution in [0.3, 0.4) is 0 Å². The molecule has 1 aliphatic heterocycles. The van der Waals surface area contributed by atoms with E-state index in [1.54, 1.807) is 6.20 Å². The highest BCUT2D eigenvalue weighted by atomic mass is 15.3. The van der Waals surface area contributed by atoms with Crippen molar-refractivity contribution in [3.63, 3.8) is 0 Å². The van der Waals surface area contributed by atoms with Crippen LogP contribution >= 0.6 is 0 Å². The minimum absolute atomic E-state index is 0.494. The van der Waals surface area contributed by atoms with Crippen molar-refractivity contribution in [1.29, 1.82) is 5.26 Å². The summed E-state index contributed by atoms with van der Waals surface area (Å²) < 4.78 is 0. The van der Waals surface area contributed by atoms with E-state index in [9.17, 15) is 5.26 Å². The maximum absolute atomic E-state index is 9.98. The molecule has 2 N–H and O–H groups in total. The number of allylic oxidation sites excluding steroid dienone is 1. The minimum Gasteiger partial charge on any atom is -0.354 e. The third kappa shape index (κ3) is 3.94. The van der Waals surface area contributed by atoms with Crippen molar-refractivity contribution in [2.75, 3.05) is 28.6 Å². The van der Waals surface area contributed by atoms with E-state index in [0.29, 0.717) is 23.8 Å². The van der Waals surface area contributed by atoms with Gasteiger partial charge >= 0.3 is 0 Å². The van der Waals surface area contributed by atoms with E-state index in [0.717, 1.165) is 41.4 Å².